The number of fused-ring (bicyclic) bond motifs is 3. The molecule has 4 aliphatic rings. The molecule has 0 bridgehead atoms. The average molecular weight is 540 g/mol. The number of nitrogens with two attached hydrogens (primary N) is 1. The van der Waals surface area contributed by atoms with Crippen molar-refractivity contribution in [3.63, 3.8) is 0 Å². The lowest BCUT2D eigenvalue weighted by molar-refractivity contribution is -0.148. The van der Waals surface area contributed by atoms with Crippen LogP contribution in [0.15, 0.2) is 34.8 Å². The molecule has 0 saturated carbocycles. The third kappa shape index (κ3) is 3.55. The smallest absolute Gasteiger partial charge is 0.495 e. The van der Waals surface area contributed by atoms with Crippen molar-refractivity contribution >= 4 is 30.1 Å². The molecular weight excluding hydrogens is 507 g/mol. The highest BCUT2D eigenvalue weighted by molar-refractivity contribution is 6.63. The van der Waals surface area contributed by atoms with Gasteiger partial charge in [-0.25, -0.2) is 0 Å². The number of likely N-dealkylation sites (N-methyl/N-ethyl adjacent to an activating group) is 1. The number of aromatic hydroxyl groups is 1. The molecule has 208 valence electrons. The van der Waals surface area contributed by atoms with Crippen LogP contribution in [0.5, 0.6) is 5.75 Å². The maximum Gasteiger partial charge on any atom is 0.495 e. The molecule has 6 N–H and O–H groups in total. The molecule has 12 heteroatoms. The summed E-state index contributed by atoms with van der Waals surface area (Å²) in [7, 11) is 2.34. The van der Waals surface area contributed by atoms with Crippen molar-refractivity contribution in [1.29, 1.82) is 0 Å². The maximum atomic E-state index is 13.9. The Morgan fingerprint density at radius 2 is 1.67 bits per heavy atom. The van der Waals surface area contributed by atoms with Crippen molar-refractivity contribution in [2.45, 2.75) is 63.4 Å². The van der Waals surface area contributed by atoms with Crippen LogP contribution in [0.1, 0.15) is 50.0 Å². The Labute approximate surface area is 226 Å². The van der Waals surface area contributed by atoms with E-state index >= 15 is 0 Å². The summed E-state index contributed by atoms with van der Waals surface area (Å²) in [6, 6.07) is 1.93. The monoisotopic (exact) mass is 540 g/mol. The molecule has 11 nitrogen and oxygen atoms in total. The van der Waals surface area contributed by atoms with Gasteiger partial charge in [-0.05, 0) is 77.6 Å². The van der Waals surface area contributed by atoms with Crippen LogP contribution in [0.4, 0.5) is 0 Å². The van der Waals surface area contributed by atoms with Crippen LogP contribution in [-0.2, 0) is 25.3 Å². The normalized spacial score (nSPS) is 31.4. The number of allylic oxidation sites excluding steroid dienone is 1. The third-order valence-corrected chi connectivity index (χ3v) is 9.15. The molecule has 0 aromatic heterocycles. The highest BCUT2D eigenvalue weighted by Gasteiger charge is 2.63. The quantitative estimate of drug-likeness (QED) is 0.266. The fraction of sp³-hybridized carbons (Fsp3) is 0.519. The van der Waals surface area contributed by atoms with Crippen molar-refractivity contribution in [2.24, 2.45) is 17.6 Å². The van der Waals surface area contributed by atoms with E-state index in [0.29, 0.717) is 11.0 Å². The summed E-state index contributed by atoms with van der Waals surface area (Å²) in [5, 5.41) is 44.7. The summed E-state index contributed by atoms with van der Waals surface area (Å²) in [5.74, 6) is -6.91. The number of aliphatic hydroxyl groups excluding tert-OH is 2. The number of rotatable bonds is 3. The fourth-order valence-corrected chi connectivity index (χ4v) is 6.47. The van der Waals surface area contributed by atoms with Gasteiger partial charge in [0.25, 0.3) is 5.91 Å². The van der Waals surface area contributed by atoms with E-state index in [1.165, 1.54) is 11.0 Å². The van der Waals surface area contributed by atoms with E-state index in [1.54, 1.807) is 20.2 Å². The number of phenolic OH excluding ortho intramolecular Hbond substituents is 1. The minimum atomic E-state index is -2.68. The number of hydrogen-bond donors (Lipinski definition) is 5. The van der Waals surface area contributed by atoms with Gasteiger partial charge in [-0.2, -0.15) is 0 Å². The number of carbonyl (C=O) groups excluding carboxylic acids is 3. The van der Waals surface area contributed by atoms with E-state index in [-0.39, 0.29) is 29.7 Å². The van der Waals surface area contributed by atoms with Gasteiger partial charge in [-0.15, -0.1) is 0 Å². The minimum Gasteiger partial charge on any atom is -0.510 e. The van der Waals surface area contributed by atoms with Gasteiger partial charge in [0.1, 0.15) is 22.8 Å². The zero-order valence-electron chi connectivity index (χ0n) is 22.7. The Morgan fingerprint density at radius 3 is 2.21 bits per heavy atom. The number of benzene rings is 1. The third-order valence-electron chi connectivity index (χ3n) is 9.15. The standard InChI is InChI=1S/C27H33BN2O9/c1-25(2)26(3,4)39-28(38-25)14-7-8-15(31)17-12(14)9-11-10-13-19(30(5)6)21(33)18(24(29)36)23(35)27(13,37)22(34)16(11)20(17)32/h7-8,11,13,19,31,33-34,37H,9-10H2,1-6H3,(H2,29,36)/t11-,13-,19-,27-/m0/s1. The van der Waals surface area contributed by atoms with E-state index in [4.69, 9.17) is 15.0 Å². The first-order valence-electron chi connectivity index (χ1n) is 12.8. The van der Waals surface area contributed by atoms with Crippen molar-refractivity contribution in [3.05, 3.63) is 45.9 Å². The van der Waals surface area contributed by atoms with Crippen molar-refractivity contribution in [1.82, 2.24) is 4.90 Å². The molecule has 4 atom stereocenters. The Hall–Kier alpha value is -3.19. The zero-order valence-corrected chi connectivity index (χ0v) is 22.7. The van der Waals surface area contributed by atoms with Gasteiger partial charge in [0.05, 0.1) is 22.8 Å². The molecule has 1 amide bonds. The van der Waals surface area contributed by atoms with Gasteiger partial charge in [0, 0.05) is 11.5 Å². The van der Waals surface area contributed by atoms with Crippen molar-refractivity contribution in [2.75, 3.05) is 14.1 Å². The lowest BCUT2D eigenvalue weighted by atomic mass is 9.57. The molecule has 39 heavy (non-hydrogen) atoms. The number of aliphatic hydroxyl groups is 3. The average Bonchev–Trinajstić information content (AvgIpc) is 3.02. The van der Waals surface area contributed by atoms with E-state index in [9.17, 15) is 34.8 Å². The second-order valence-electron chi connectivity index (χ2n) is 12.1. The van der Waals surface area contributed by atoms with Crippen LogP contribution >= 0.6 is 0 Å². The summed E-state index contributed by atoms with van der Waals surface area (Å²) in [5.41, 5.74) is 1.27. The van der Waals surface area contributed by atoms with Crippen LogP contribution in [0.2, 0.25) is 0 Å². The molecule has 0 unspecified atom stereocenters. The molecule has 1 heterocycles. The summed E-state index contributed by atoms with van der Waals surface area (Å²) < 4.78 is 12.4. The fourth-order valence-electron chi connectivity index (χ4n) is 6.47. The molecule has 3 aliphatic carbocycles. The van der Waals surface area contributed by atoms with Crippen molar-refractivity contribution in [3.8, 4) is 5.75 Å². The zero-order chi connectivity index (χ0) is 29.0. The lowest BCUT2D eigenvalue weighted by Crippen LogP contribution is -2.64. The minimum absolute atomic E-state index is 0.00419. The highest BCUT2D eigenvalue weighted by atomic mass is 16.7. The maximum absolute atomic E-state index is 13.9. The molecule has 1 aromatic rings. The van der Waals surface area contributed by atoms with Gasteiger partial charge >= 0.3 is 7.12 Å². The summed E-state index contributed by atoms with van der Waals surface area (Å²) >= 11 is 0. The van der Waals surface area contributed by atoms with Crippen molar-refractivity contribution < 1.29 is 44.1 Å². The molecule has 5 rings (SSSR count). The van der Waals surface area contributed by atoms with Crippen LogP contribution in [-0.4, -0.2) is 86.9 Å². The number of hydrogen-bond acceptors (Lipinski definition) is 10. The second kappa shape index (κ2) is 8.41. The second-order valence-corrected chi connectivity index (χ2v) is 12.1. The number of primary amides is 1. The lowest BCUT2D eigenvalue weighted by Gasteiger charge is -2.50. The first-order valence-corrected chi connectivity index (χ1v) is 12.8. The highest BCUT2D eigenvalue weighted by Crippen LogP contribution is 2.52. The summed E-state index contributed by atoms with van der Waals surface area (Å²) in [6.45, 7) is 7.59. The largest absolute Gasteiger partial charge is 0.510 e. The predicted octanol–water partition coefficient (Wildman–Crippen LogP) is 0.420. The van der Waals surface area contributed by atoms with Crippen LogP contribution in [0.3, 0.4) is 0 Å². The number of nitrogens with zero attached hydrogens (tertiary/aromatic N) is 1. The molecule has 0 radical (unpaired) electrons. The SMILES string of the molecule is CN(C)[C@@H]1C(O)=C(C(N)=O)C(=O)[C@@]2(O)C(O)=C3C(=O)c4c(O)ccc(B5OC(C)(C)C(C)(C)O5)c4C[C@H]3C[C@@H]12. The first kappa shape index (κ1) is 27.4. The van der Waals surface area contributed by atoms with Gasteiger partial charge < -0.3 is 35.5 Å². The predicted molar refractivity (Wildman–Crippen MR) is 139 cm³/mol. The van der Waals surface area contributed by atoms with Gasteiger partial charge in [0.2, 0.25) is 5.78 Å². The molecular formula is C27H33BN2O9. The first-order chi connectivity index (χ1) is 18.0. The van der Waals surface area contributed by atoms with Crippen LogP contribution in [0.25, 0.3) is 0 Å². The van der Waals surface area contributed by atoms with E-state index in [2.05, 4.69) is 0 Å². The Kier molecular flexibility index (Phi) is 5.90. The molecule has 1 fully saturated rings. The summed E-state index contributed by atoms with van der Waals surface area (Å²) in [6.07, 6.45) is 0.159. The number of carbonyl (C=O) groups is 3. The molecule has 1 saturated heterocycles. The van der Waals surface area contributed by atoms with E-state index in [1.807, 2.05) is 27.7 Å². The molecule has 0 spiro atoms. The van der Waals surface area contributed by atoms with E-state index in [0.717, 1.165) is 0 Å². The van der Waals surface area contributed by atoms with Crippen LogP contribution in [0, 0.1) is 11.8 Å². The Morgan fingerprint density at radius 1 is 1.08 bits per heavy atom. The number of ketones is 2. The van der Waals surface area contributed by atoms with Crippen LogP contribution < -0.4 is 11.2 Å². The summed E-state index contributed by atoms with van der Waals surface area (Å²) in [4.78, 5) is 40.9. The number of phenols is 1. The Balaban J connectivity index is 1.68. The van der Waals surface area contributed by atoms with Gasteiger partial charge in [0.15, 0.2) is 11.4 Å². The van der Waals surface area contributed by atoms with E-state index < -0.39 is 76.4 Å². The topological polar surface area (TPSA) is 180 Å². The van der Waals surface area contributed by atoms with Gasteiger partial charge in [-0.3, -0.25) is 19.3 Å². The number of amides is 1. The number of Topliss-reactive ketones (excluding diaryl/α,β-unsaturated/α-hetero) is 2. The molecule has 1 aromatic carbocycles. The Bertz CT molecular complexity index is 1380. The molecule has 1 aliphatic heterocycles. The van der Waals surface area contributed by atoms with Gasteiger partial charge in [-0.1, -0.05) is 6.07 Å².